The molecule has 2 aromatic heterocycles. The van der Waals surface area contributed by atoms with Crippen LogP contribution < -0.4 is 0 Å². The van der Waals surface area contributed by atoms with E-state index >= 15 is 0 Å². The molecule has 3 unspecified atom stereocenters. The normalized spacial score (nSPS) is 23.9. The van der Waals surface area contributed by atoms with Gasteiger partial charge in [0, 0.05) is 5.56 Å². The Hall–Kier alpha value is -3.79. The number of aromatic nitrogens is 6. The molecule has 0 amide bonds. The highest BCUT2D eigenvalue weighted by Gasteiger charge is 2.48. The number of benzene rings is 2. The first-order valence-electron chi connectivity index (χ1n) is 10.7. The Morgan fingerprint density at radius 3 is 2.27 bits per heavy atom. The molecule has 2 aromatic carbocycles. The minimum absolute atomic E-state index is 0.127. The number of halogens is 5. The summed E-state index contributed by atoms with van der Waals surface area (Å²) in [5, 5.41) is 43.1. The lowest BCUT2D eigenvalue weighted by atomic mass is 9.92. The summed E-state index contributed by atoms with van der Waals surface area (Å²) in [6.45, 7) is -0.737. The van der Waals surface area contributed by atoms with Crippen molar-refractivity contribution in [3.05, 3.63) is 77.8 Å². The van der Waals surface area contributed by atoms with Crippen LogP contribution in [0.1, 0.15) is 18.0 Å². The lowest BCUT2D eigenvalue weighted by molar-refractivity contribution is -0.210. The number of aliphatic hydroxyl groups excluding tert-OH is 3. The number of aliphatic hydroxyl groups is 3. The Morgan fingerprint density at radius 2 is 1.62 bits per heavy atom. The number of hydrogen-bond donors (Lipinski definition) is 3. The van der Waals surface area contributed by atoms with Gasteiger partial charge in [0.15, 0.2) is 34.9 Å². The summed E-state index contributed by atoms with van der Waals surface area (Å²) >= 11 is 0. The quantitative estimate of drug-likeness (QED) is 0.265. The molecule has 1 saturated heterocycles. The van der Waals surface area contributed by atoms with E-state index in [0.717, 1.165) is 40.1 Å². The molecule has 194 valence electrons. The second-order valence-electron chi connectivity index (χ2n) is 8.19. The van der Waals surface area contributed by atoms with Crippen LogP contribution in [0.15, 0.2) is 42.9 Å². The molecule has 1 aliphatic rings. The van der Waals surface area contributed by atoms with E-state index in [2.05, 4.69) is 20.4 Å². The standard InChI is InChI=1S/C22H17F5N6O4/c23-10-2-1-3-11(24)17(10)33-22(28-8-29-33)21-20(36)18(19(35)15(7-34)37-21)32-6-14(30-31-32)9-4-12(25)16(27)13(26)5-9/h1-6,8,15,18-21,34-36H,7H2/t15-,18?,19?,20-,21?/m1/s1. The van der Waals surface area contributed by atoms with E-state index in [1.807, 2.05) is 0 Å². The molecule has 0 radical (unpaired) electrons. The van der Waals surface area contributed by atoms with E-state index in [4.69, 9.17) is 4.74 Å². The third-order valence-electron chi connectivity index (χ3n) is 5.97. The fraction of sp³-hybridized carbons (Fsp3) is 0.273. The fourth-order valence-electron chi connectivity index (χ4n) is 4.19. The van der Waals surface area contributed by atoms with Gasteiger partial charge < -0.3 is 20.1 Å². The van der Waals surface area contributed by atoms with Crippen LogP contribution in [-0.2, 0) is 4.74 Å². The summed E-state index contributed by atoms with van der Waals surface area (Å²) in [5.41, 5.74) is -0.904. The first kappa shape index (κ1) is 24.9. The van der Waals surface area contributed by atoms with Crippen molar-refractivity contribution in [2.45, 2.75) is 30.5 Å². The molecule has 1 aliphatic heterocycles. The number of hydrogen-bond acceptors (Lipinski definition) is 8. The van der Waals surface area contributed by atoms with Crippen LogP contribution >= 0.6 is 0 Å². The lowest BCUT2D eigenvalue weighted by Gasteiger charge is -2.41. The average molecular weight is 524 g/mol. The minimum atomic E-state index is -1.70. The fourth-order valence-corrected chi connectivity index (χ4v) is 4.19. The van der Waals surface area contributed by atoms with Gasteiger partial charge in [-0.05, 0) is 24.3 Å². The number of ether oxygens (including phenoxy) is 1. The van der Waals surface area contributed by atoms with Crippen LogP contribution in [0.25, 0.3) is 16.9 Å². The SMILES string of the molecule is OC[C@H]1OC(c2ncnn2-c2c(F)cccc2F)[C@H](O)C(n2cc(-c3cc(F)c(F)c(F)c3)nn2)C1O. The lowest BCUT2D eigenvalue weighted by Crippen LogP contribution is -2.53. The zero-order chi connectivity index (χ0) is 26.4. The summed E-state index contributed by atoms with van der Waals surface area (Å²) in [4.78, 5) is 3.96. The van der Waals surface area contributed by atoms with Gasteiger partial charge in [-0.1, -0.05) is 11.3 Å². The molecular formula is C22H17F5N6O4. The van der Waals surface area contributed by atoms with E-state index in [1.165, 1.54) is 0 Å². The maximum absolute atomic E-state index is 14.4. The number of rotatable bonds is 5. The van der Waals surface area contributed by atoms with E-state index < -0.39 is 71.8 Å². The second-order valence-corrected chi connectivity index (χ2v) is 8.19. The topological polar surface area (TPSA) is 131 Å². The molecule has 3 heterocycles. The maximum atomic E-state index is 14.4. The van der Waals surface area contributed by atoms with Gasteiger partial charge in [0.1, 0.15) is 48.2 Å². The van der Waals surface area contributed by atoms with Gasteiger partial charge in [0.2, 0.25) is 0 Å². The van der Waals surface area contributed by atoms with Crippen molar-refractivity contribution < 1.29 is 42.0 Å². The number of para-hydroxylation sites is 1. The van der Waals surface area contributed by atoms with Crippen LogP contribution in [0, 0.1) is 29.1 Å². The largest absolute Gasteiger partial charge is 0.394 e. The molecule has 4 aromatic rings. The average Bonchev–Trinajstić information content (AvgIpc) is 3.53. The van der Waals surface area contributed by atoms with Crippen molar-refractivity contribution in [1.29, 1.82) is 0 Å². The zero-order valence-corrected chi connectivity index (χ0v) is 18.5. The molecule has 0 aliphatic carbocycles. The molecule has 10 nitrogen and oxygen atoms in total. The molecule has 0 spiro atoms. The summed E-state index contributed by atoms with van der Waals surface area (Å²) in [6.07, 6.45) is -4.01. The van der Waals surface area contributed by atoms with Crippen molar-refractivity contribution in [3.63, 3.8) is 0 Å². The Labute approximate surface area is 204 Å². The van der Waals surface area contributed by atoms with Gasteiger partial charge in [-0.25, -0.2) is 36.3 Å². The van der Waals surface area contributed by atoms with Crippen molar-refractivity contribution in [2.75, 3.05) is 6.61 Å². The van der Waals surface area contributed by atoms with Crippen LogP contribution in [0.4, 0.5) is 22.0 Å². The molecule has 5 rings (SSSR count). The molecule has 3 N–H and O–H groups in total. The Kier molecular flexibility index (Phi) is 6.45. The molecule has 37 heavy (non-hydrogen) atoms. The third kappa shape index (κ3) is 4.25. The smallest absolute Gasteiger partial charge is 0.194 e. The Bertz CT molecular complexity index is 1410. The minimum Gasteiger partial charge on any atom is -0.394 e. The van der Waals surface area contributed by atoms with Crippen LogP contribution in [-0.4, -0.2) is 70.0 Å². The monoisotopic (exact) mass is 524 g/mol. The van der Waals surface area contributed by atoms with Gasteiger partial charge in [0.25, 0.3) is 0 Å². The predicted molar refractivity (Wildman–Crippen MR) is 112 cm³/mol. The van der Waals surface area contributed by atoms with Gasteiger partial charge in [-0.2, -0.15) is 5.10 Å². The van der Waals surface area contributed by atoms with E-state index in [1.54, 1.807) is 0 Å². The molecule has 0 saturated carbocycles. The van der Waals surface area contributed by atoms with Crippen molar-refractivity contribution in [2.24, 2.45) is 0 Å². The first-order chi connectivity index (χ1) is 17.7. The summed E-state index contributed by atoms with van der Waals surface area (Å²) in [5.74, 6) is -6.81. The maximum Gasteiger partial charge on any atom is 0.194 e. The van der Waals surface area contributed by atoms with Crippen LogP contribution in [0.3, 0.4) is 0 Å². The van der Waals surface area contributed by atoms with Crippen molar-refractivity contribution >= 4 is 0 Å². The highest BCUT2D eigenvalue weighted by atomic mass is 19.2. The van der Waals surface area contributed by atoms with Gasteiger partial charge in [-0.15, -0.1) is 5.10 Å². The molecule has 1 fully saturated rings. The second kappa shape index (κ2) is 9.59. The molecule has 5 atom stereocenters. The summed E-state index contributed by atoms with van der Waals surface area (Å²) < 4.78 is 76.9. The Balaban J connectivity index is 1.54. The van der Waals surface area contributed by atoms with Crippen LogP contribution in [0.2, 0.25) is 0 Å². The highest BCUT2D eigenvalue weighted by molar-refractivity contribution is 5.58. The van der Waals surface area contributed by atoms with Gasteiger partial charge in [0.05, 0.1) is 12.8 Å². The van der Waals surface area contributed by atoms with Gasteiger partial charge in [-0.3, -0.25) is 0 Å². The van der Waals surface area contributed by atoms with Crippen molar-refractivity contribution in [1.82, 2.24) is 29.8 Å². The highest BCUT2D eigenvalue weighted by Crippen LogP contribution is 2.38. The molecule has 0 bridgehead atoms. The Morgan fingerprint density at radius 1 is 0.946 bits per heavy atom. The predicted octanol–water partition coefficient (Wildman–Crippen LogP) is 1.62. The van der Waals surface area contributed by atoms with Crippen molar-refractivity contribution in [3.8, 4) is 16.9 Å². The van der Waals surface area contributed by atoms with Crippen LogP contribution in [0.5, 0.6) is 0 Å². The third-order valence-corrected chi connectivity index (χ3v) is 5.97. The van der Waals surface area contributed by atoms with E-state index in [-0.39, 0.29) is 17.1 Å². The summed E-state index contributed by atoms with van der Waals surface area (Å²) in [7, 11) is 0. The number of nitrogens with zero attached hydrogens (tertiary/aromatic N) is 6. The first-order valence-corrected chi connectivity index (χ1v) is 10.7. The molecule has 15 heteroatoms. The van der Waals surface area contributed by atoms with Gasteiger partial charge >= 0.3 is 0 Å². The van der Waals surface area contributed by atoms with E-state index in [9.17, 15) is 37.3 Å². The molecular weight excluding hydrogens is 507 g/mol. The van der Waals surface area contributed by atoms with E-state index in [0.29, 0.717) is 12.1 Å². The summed E-state index contributed by atoms with van der Waals surface area (Å²) in [6, 6.07) is 3.11. The zero-order valence-electron chi connectivity index (χ0n) is 18.5.